The number of hydrogen-bond acceptors (Lipinski definition) is 3. The first-order chi connectivity index (χ1) is 13.4. The van der Waals surface area contributed by atoms with Crippen LogP contribution in [0, 0.1) is 30.1 Å². The summed E-state index contributed by atoms with van der Waals surface area (Å²) in [5, 5.41) is 10.1. The molecule has 2 amide bonds. The second kappa shape index (κ2) is 6.50. The van der Waals surface area contributed by atoms with Gasteiger partial charge in [-0.15, -0.1) is 0 Å². The van der Waals surface area contributed by atoms with Gasteiger partial charge in [-0.2, -0.15) is 0 Å². The molecule has 1 saturated heterocycles. The summed E-state index contributed by atoms with van der Waals surface area (Å²) >= 11 is 0. The molecule has 5 fully saturated rings. The van der Waals surface area contributed by atoms with E-state index in [1.807, 2.05) is 11.8 Å². The molecule has 0 spiro atoms. The maximum atomic E-state index is 13.5. The predicted molar refractivity (Wildman–Crippen MR) is 106 cm³/mol. The summed E-state index contributed by atoms with van der Waals surface area (Å²) in [6.45, 7) is 4.23. The summed E-state index contributed by atoms with van der Waals surface area (Å²) in [4.78, 5) is 30.1. The minimum absolute atomic E-state index is 0.0303. The third-order valence-electron chi connectivity index (χ3n) is 7.73. The Morgan fingerprint density at radius 1 is 0.929 bits per heavy atom. The van der Waals surface area contributed by atoms with E-state index in [1.165, 1.54) is 19.3 Å². The zero-order valence-electron chi connectivity index (χ0n) is 16.7. The Balaban J connectivity index is 1.25. The van der Waals surface area contributed by atoms with Crippen LogP contribution in [-0.4, -0.2) is 52.9 Å². The fourth-order valence-electron chi connectivity index (χ4n) is 6.81. The molecule has 150 valence electrons. The second-order valence-corrected chi connectivity index (χ2v) is 9.80. The molecular weight excluding hydrogens is 352 g/mol. The summed E-state index contributed by atoms with van der Waals surface area (Å²) in [5.74, 6) is 2.55. The summed E-state index contributed by atoms with van der Waals surface area (Å²) < 4.78 is 0. The molecule has 1 N–H and O–H groups in total. The van der Waals surface area contributed by atoms with E-state index in [-0.39, 0.29) is 17.1 Å². The molecular formula is C23H30N2O3. The van der Waals surface area contributed by atoms with Gasteiger partial charge in [-0.25, -0.2) is 0 Å². The normalized spacial score (nSPS) is 34.0. The fraction of sp³-hybridized carbons (Fsp3) is 0.652. The fourth-order valence-corrected chi connectivity index (χ4v) is 6.81. The van der Waals surface area contributed by atoms with Gasteiger partial charge >= 0.3 is 0 Å². The lowest BCUT2D eigenvalue weighted by Gasteiger charge is -2.57. The smallest absolute Gasteiger partial charge is 0.257 e. The Kier molecular flexibility index (Phi) is 4.18. The molecule has 28 heavy (non-hydrogen) atoms. The van der Waals surface area contributed by atoms with Crippen molar-refractivity contribution in [2.45, 2.75) is 45.4 Å². The number of piperazine rings is 1. The van der Waals surface area contributed by atoms with Crippen LogP contribution in [0.1, 0.15) is 54.4 Å². The van der Waals surface area contributed by atoms with E-state index in [2.05, 4.69) is 0 Å². The molecule has 1 heterocycles. The number of phenols is 1. The molecule has 4 bridgehead atoms. The summed E-state index contributed by atoms with van der Waals surface area (Å²) in [6, 6.07) is 5.12. The molecule has 0 unspecified atom stereocenters. The molecule has 6 rings (SSSR count). The van der Waals surface area contributed by atoms with Gasteiger partial charge in [0.15, 0.2) is 0 Å². The van der Waals surface area contributed by atoms with Gasteiger partial charge < -0.3 is 14.9 Å². The van der Waals surface area contributed by atoms with E-state index in [1.54, 1.807) is 23.1 Å². The molecule has 0 radical (unpaired) electrons. The Bertz CT molecular complexity index is 775. The van der Waals surface area contributed by atoms with Crippen LogP contribution in [0.5, 0.6) is 5.75 Å². The van der Waals surface area contributed by atoms with Gasteiger partial charge in [0.1, 0.15) is 5.75 Å². The number of nitrogens with zero attached hydrogens (tertiary/aromatic N) is 2. The Morgan fingerprint density at radius 3 is 2.04 bits per heavy atom. The van der Waals surface area contributed by atoms with Crippen molar-refractivity contribution in [3.8, 4) is 5.75 Å². The van der Waals surface area contributed by atoms with Gasteiger partial charge in [0, 0.05) is 26.2 Å². The van der Waals surface area contributed by atoms with Gasteiger partial charge in [-0.05, 0) is 75.3 Å². The molecule has 5 aliphatic rings. The van der Waals surface area contributed by atoms with Gasteiger partial charge in [0.25, 0.3) is 5.91 Å². The number of carbonyl (C=O) groups excluding carboxylic acids is 2. The minimum Gasteiger partial charge on any atom is -0.507 e. The summed E-state index contributed by atoms with van der Waals surface area (Å²) in [6.07, 6.45) is 7.30. The molecule has 1 aromatic rings. The first-order valence-corrected chi connectivity index (χ1v) is 10.8. The average molecular weight is 383 g/mol. The number of aromatic hydroxyl groups is 1. The monoisotopic (exact) mass is 382 g/mol. The maximum absolute atomic E-state index is 13.5. The van der Waals surface area contributed by atoms with Crippen LogP contribution >= 0.6 is 0 Å². The standard InChI is InChI=1S/C23H30N2O3/c1-15-2-3-20(26)19(8-15)21(27)24-4-6-25(7-5-24)22(28)23-12-16-9-17(13-23)11-18(10-16)14-23/h2-3,8,16-18,26H,4-7,9-14H2,1H3. The molecule has 5 nitrogen and oxygen atoms in total. The quantitative estimate of drug-likeness (QED) is 0.854. The van der Waals surface area contributed by atoms with Crippen molar-refractivity contribution in [3.05, 3.63) is 29.3 Å². The number of benzene rings is 1. The topological polar surface area (TPSA) is 60.9 Å². The molecule has 0 atom stereocenters. The number of aryl methyl sites for hydroxylation is 1. The van der Waals surface area contributed by atoms with Crippen LogP contribution in [-0.2, 0) is 4.79 Å². The van der Waals surface area contributed by atoms with Crippen molar-refractivity contribution in [1.29, 1.82) is 0 Å². The highest BCUT2D eigenvalue weighted by molar-refractivity contribution is 5.97. The van der Waals surface area contributed by atoms with Crippen LogP contribution in [0.25, 0.3) is 0 Å². The number of carbonyl (C=O) groups is 2. The summed E-state index contributed by atoms with van der Waals surface area (Å²) in [7, 11) is 0. The molecule has 0 aromatic heterocycles. The highest BCUT2D eigenvalue weighted by atomic mass is 16.3. The van der Waals surface area contributed by atoms with Gasteiger partial charge in [0.2, 0.25) is 5.91 Å². The Morgan fingerprint density at radius 2 is 1.46 bits per heavy atom. The molecule has 5 heteroatoms. The van der Waals surface area contributed by atoms with Crippen molar-refractivity contribution in [2.24, 2.45) is 23.2 Å². The number of hydrogen-bond donors (Lipinski definition) is 1. The first-order valence-electron chi connectivity index (χ1n) is 10.8. The average Bonchev–Trinajstić information content (AvgIpc) is 2.68. The molecule has 1 aliphatic heterocycles. The lowest BCUT2D eigenvalue weighted by molar-refractivity contribution is -0.159. The van der Waals surface area contributed by atoms with Crippen molar-refractivity contribution in [2.75, 3.05) is 26.2 Å². The Hall–Kier alpha value is -2.04. The van der Waals surface area contributed by atoms with Crippen LogP contribution in [0.3, 0.4) is 0 Å². The lowest BCUT2D eigenvalue weighted by Crippen LogP contribution is -2.58. The van der Waals surface area contributed by atoms with Crippen molar-refractivity contribution in [1.82, 2.24) is 9.80 Å². The molecule has 4 saturated carbocycles. The minimum atomic E-state index is -0.136. The third kappa shape index (κ3) is 2.90. The van der Waals surface area contributed by atoms with Crippen molar-refractivity contribution >= 4 is 11.8 Å². The second-order valence-electron chi connectivity index (χ2n) is 9.80. The highest BCUT2D eigenvalue weighted by Gasteiger charge is 2.55. The zero-order valence-corrected chi connectivity index (χ0v) is 16.7. The van der Waals surface area contributed by atoms with E-state index < -0.39 is 0 Å². The molecule has 1 aromatic carbocycles. The van der Waals surface area contributed by atoms with E-state index in [0.29, 0.717) is 37.6 Å². The van der Waals surface area contributed by atoms with Gasteiger partial charge in [0.05, 0.1) is 11.0 Å². The van der Waals surface area contributed by atoms with Gasteiger partial charge in [-0.3, -0.25) is 9.59 Å². The largest absolute Gasteiger partial charge is 0.507 e. The van der Waals surface area contributed by atoms with Crippen LogP contribution in [0.4, 0.5) is 0 Å². The third-order valence-corrected chi connectivity index (χ3v) is 7.73. The highest BCUT2D eigenvalue weighted by Crippen LogP contribution is 2.60. The van der Waals surface area contributed by atoms with E-state index in [4.69, 9.17) is 0 Å². The van der Waals surface area contributed by atoms with E-state index in [0.717, 1.165) is 42.6 Å². The maximum Gasteiger partial charge on any atom is 0.257 e. The number of phenolic OH excluding ortho intramolecular Hbond substituents is 1. The zero-order chi connectivity index (χ0) is 19.5. The molecule has 4 aliphatic carbocycles. The van der Waals surface area contributed by atoms with E-state index >= 15 is 0 Å². The van der Waals surface area contributed by atoms with Crippen molar-refractivity contribution in [3.63, 3.8) is 0 Å². The number of amides is 2. The van der Waals surface area contributed by atoms with E-state index in [9.17, 15) is 14.7 Å². The van der Waals surface area contributed by atoms with Gasteiger partial charge in [-0.1, -0.05) is 11.6 Å². The van der Waals surface area contributed by atoms with Crippen LogP contribution in [0.2, 0.25) is 0 Å². The Labute approximate surface area is 166 Å². The van der Waals surface area contributed by atoms with Crippen LogP contribution < -0.4 is 0 Å². The first kappa shape index (κ1) is 18.0. The number of rotatable bonds is 2. The van der Waals surface area contributed by atoms with Crippen molar-refractivity contribution < 1.29 is 14.7 Å². The summed E-state index contributed by atoms with van der Waals surface area (Å²) in [5.41, 5.74) is 1.22. The predicted octanol–water partition coefficient (Wildman–Crippen LogP) is 3.20. The SMILES string of the molecule is Cc1ccc(O)c(C(=O)N2CCN(C(=O)C34CC5CC(CC(C5)C3)C4)CC2)c1. The lowest BCUT2D eigenvalue weighted by atomic mass is 9.49. The van der Waals surface area contributed by atoms with Crippen LogP contribution in [0.15, 0.2) is 18.2 Å².